The van der Waals surface area contributed by atoms with Crippen molar-refractivity contribution in [1.29, 1.82) is 0 Å². The second kappa shape index (κ2) is 10.2. The predicted molar refractivity (Wildman–Crippen MR) is 168 cm³/mol. The number of hydrogen-bond donors (Lipinski definition) is 1. The van der Waals surface area contributed by atoms with Crippen LogP contribution in [0.15, 0.2) is 42.0 Å². The molecule has 0 saturated heterocycles. The number of rotatable bonds is 5. The molecule has 1 aromatic carbocycles. The van der Waals surface area contributed by atoms with Gasteiger partial charge < -0.3 is 14.6 Å². The fourth-order valence-electron chi connectivity index (χ4n) is 11.3. The fraction of sp³-hybridized carbons (Fsp3) is 0.737. The number of hydrogen-bond acceptors (Lipinski definition) is 5. The molecule has 43 heavy (non-hydrogen) atoms. The van der Waals surface area contributed by atoms with Gasteiger partial charge in [0, 0.05) is 5.92 Å². The van der Waals surface area contributed by atoms with E-state index in [2.05, 4.69) is 54.5 Å². The first-order valence-corrected chi connectivity index (χ1v) is 16.9. The van der Waals surface area contributed by atoms with E-state index in [0.29, 0.717) is 18.3 Å². The first kappa shape index (κ1) is 30.9. The predicted octanol–water partition coefficient (Wildman–Crippen LogP) is 7.95. The van der Waals surface area contributed by atoms with Crippen LogP contribution in [-0.2, 0) is 14.3 Å². The van der Waals surface area contributed by atoms with Gasteiger partial charge in [0.15, 0.2) is 5.78 Å². The molecule has 9 atom stereocenters. The lowest BCUT2D eigenvalue weighted by Gasteiger charge is -2.70. The smallest absolute Gasteiger partial charge is 0.311 e. The molecule has 0 heterocycles. The molecule has 236 valence electrons. The van der Waals surface area contributed by atoms with Crippen LogP contribution in [0.2, 0.25) is 0 Å². The summed E-state index contributed by atoms with van der Waals surface area (Å²) >= 11 is 0. The number of para-hydroxylation sites is 1. The van der Waals surface area contributed by atoms with Crippen LogP contribution in [0.5, 0.6) is 5.75 Å². The zero-order chi connectivity index (χ0) is 31.1. The van der Waals surface area contributed by atoms with Gasteiger partial charge in [-0.05, 0) is 122 Å². The van der Waals surface area contributed by atoms with Crippen molar-refractivity contribution >= 4 is 11.8 Å². The van der Waals surface area contributed by atoms with Crippen molar-refractivity contribution in [3.8, 4) is 5.75 Å². The summed E-state index contributed by atoms with van der Waals surface area (Å²) in [6.07, 6.45) is 10.2. The number of fused-ring (bicyclic) bond motifs is 7. The van der Waals surface area contributed by atoms with Crippen molar-refractivity contribution in [3.05, 3.63) is 42.0 Å². The number of aliphatic hydroxyl groups excluding tert-OH is 1. The third-order valence-electron chi connectivity index (χ3n) is 14.4. The van der Waals surface area contributed by atoms with Crippen molar-refractivity contribution in [3.63, 3.8) is 0 Å². The molecule has 5 aliphatic rings. The van der Waals surface area contributed by atoms with Gasteiger partial charge in [-0.3, -0.25) is 9.59 Å². The molecule has 5 nitrogen and oxygen atoms in total. The SMILES string of the molecule is CC1(C)[C@@H](O)CC[C@]2(C)[C@H]3C(=O)C=C4[C@@H]5C[C@@](C)(C(=O)OCCOc6ccccc6)CC[C@]5(C)CC[C@@]4(C)[C@]3(C)CC[C@@H]12. The summed E-state index contributed by atoms with van der Waals surface area (Å²) in [5.41, 5.74) is 0.284. The summed E-state index contributed by atoms with van der Waals surface area (Å²) in [6.45, 7) is 16.7. The van der Waals surface area contributed by atoms with Crippen LogP contribution in [0.25, 0.3) is 0 Å². The van der Waals surface area contributed by atoms with Crippen LogP contribution in [0.1, 0.15) is 106 Å². The van der Waals surface area contributed by atoms with Crippen LogP contribution in [0.4, 0.5) is 0 Å². The Bertz CT molecular complexity index is 1300. The molecule has 4 fully saturated rings. The van der Waals surface area contributed by atoms with E-state index in [9.17, 15) is 14.7 Å². The molecule has 5 aliphatic carbocycles. The van der Waals surface area contributed by atoms with E-state index < -0.39 is 5.41 Å². The minimum absolute atomic E-state index is 0.0341. The molecule has 0 amide bonds. The summed E-state index contributed by atoms with van der Waals surface area (Å²) in [4.78, 5) is 28.1. The standard InChI is InChI=1S/C38H54O5/c1-33(2)29-13-16-38(7)31(36(29,5)15-14-30(33)40)28(39)23-26-27-24-35(4,18-17-34(27,3)19-20-37(26,38)6)32(41)43-22-21-42-25-11-9-8-10-12-25/h8-12,23,27,29-31,40H,13-22,24H2,1-7H3/t27-,29-,30-,31+,34+,35-,36-,37+,38+/m0/s1. The second-order valence-electron chi connectivity index (χ2n) is 16.9. The quantitative estimate of drug-likeness (QED) is 0.278. The molecule has 1 aromatic rings. The molecule has 4 saturated carbocycles. The number of aliphatic hydroxyl groups is 1. The highest BCUT2D eigenvalue weighted by Crippen LogP contribution is 2.75. The van der Waals surface area contributed by atoms with Crippen molar-refractivity contribution < 1.29 is 24.2 Å². The van der Waals surface area contributed by atoms with Crippen LogP contribution < -0.4 is 4.74 Å². The lowest BCUT2D eigenvalue weighted by molar-refractivity contribution is -0.202. The lowest BCUT2D eigenvalue weighted by Crippen LogP contribution is -2.66. The molecule has 5 heteroatoms. The zero-order valence-electron chi connectivity index (χ0n) is 27.6. The Hall–Kier alpha value is -2.14. The fourth-order valence-corrected chi connectivity index (χ4v) is 11.3. The first-order valence-electron chi connectivity index (χ1n) is 16.9. The summed E-state index contributed by atoms with van der Waals surface area (Å²) < 4.78 is 11.6. The zero-order valence-corrected chi connectivity index (χ0v) is 27.6. The Kier molecular flexibility index (Phi) is 7.31. The normalized spacial score (nSPS) is 45.0. The largest absolute Gasteiger partial charge is 0.490 e. The monoisotopic (exact) mass is 590 g/mol. The molecule has 1 N–H and O–H groups in total. The van der Waals surface area contributed by atoms with Crippen molar-refractivity contribution in [1.82, 2.24) is 0 Å². The minimum atomic E-state index is -0.579. The number of benzene rings is 1. The number of ketones is 1. The highest BCUT2D eigenvalue weighted by molar-refractivity contribution is 5.95. The first-order chi connectivity index (χ1) is 20.1. The molecule has 0 radical (unpaired) electrons. The van der Waals surface area contributed by atoms with Gasteiger partial charge in [-0.15, -0.1) is 0 Å². The lowest BCUT2D eigenvalue weighted by atomic mass is 9.33. The summed E-state index contributed by atoms with van der Waals surface area (Å²) in [5, 5.41) is 11.0. The van der Waals surface area contributed by atoms with E-state index in [1.165, 1.54) is 5.57 Å². The Balaban J connectivity index is 1.26. The number of esters is 1. The second-order valence-corrected chi connectivity index (χ2v) is 16.9. The van der Waals surface area contributed by atoms with E-state index in [4.69, 9.17) is 9.47 Å². The third kappa shape index (κ3) is 4.49. The van der Waals surface area contributed by atoms with Gasteiger partial charge >= 0.3 is 5.97 Å². The molecular weight excluding hydrogens is 536 g/mol. The molecular formula is C38H54O5. The summed E-state index contributed by atoms with van der Waals surface area (Å²) in [6, 6.07) is 9.61. The number of carbonyl (C=O) groups is 2. The molecule has 6 rings (SSSR count). The topological polar surface area (TPSA) is 72.8 Å². The minimum Gasteiger partial charge on any atom is -0.490 e. The maximum absolute atomic E-state index is 14.5. The van der Waals surface area contributed by atoms with E-state index in [1.807, 2.05) is 30.3 Å². The number of carbonyl (C=O) groups excluding carboxylic acids is 2. The van der Waals surface area contributed by atoms with Crippen molar-refractivity contribution in [2.45, 2.75) is 112 Å². The van der Waals surface area contributed by atoms with Crippen LogP contribution in [0, 0.1) is 50.2 Å². The highest BCUT2D eigenvalue weighted by atomic mass is 16.6. The van der Waals surface area contributed by atoms with Gasteiger partial charge in [0.2, 0.25) is 0 Å². The average Bonchev–Trinajstić information content (AvgIpc) is 2.96. The third-order valence-corrected chi connectivity index (χ3v) is 14.4. The number of allylic oxidation sites excluding steroid dienone is 2. The Morgan fingerprint density at radius 2 is 1.58 bits per heavy atom. The van der Waals surface area contributed by atoms with Gasteiger partial charge in [0.1, 0.15) is 19.0 Å². The van der Waals surface area contributed by atoms with Crippen LogP contribution in [0.3, 0.4) is 0 Å². The van der Waals surface area contributed by atoms with E-state index in [1.54, 1.807) is 0 Å². The molecule has 0 spiro atoms. The van der Waals surface area contributed by atoms with Gasteiger partial charge in [-0.25, -0.2) is 0 Å². The Morgan fingerprint density at radius 3 is 2.30 bits per heavy atom. The maximum atomic E-state index is 14.5. The number of ether oxygens (including phenoxy) is 2. The van der Waals surface area contributed by atoms with Crippen molar-refractivity contribution in [2.24, 2.45) is 50.2 Å². The highest BCUT2D eigenvalue weighted by Gasteiger charge is 2.70. The maximum Gasteiger partial charge on any atom is 0.311 e. The van der Waals surface area contributed by atoms with E-state index >= 15 is 0 Å². The molecule has 0 unspecified atom stereocenters. The van der Waals surface area contributed by atoms with Gasteiger partial charge in [-0.2, -0.15) is 0 Å². The Morgan fingerprint density at radius 1 is 0.884 bits per heavy atom. The van der Waals surface area contributed by atoms with Gasteiger partial charge in [0.25, 0.3) is 0 Å². The summed E-state index contributed by atoms with van der Waals surface area (Å²) in [5.74, 6) is 1.42. The van der Waals surface area contributed by atoms with Crippen LogP contribution in [-0.4, -0.2) is 36.2 Å². The Labute approximate surface area is 259 Å². The van der Waals surface area contributed by atoms with Crippen LogP contribution >= 0.6 is 0 Å². The average molecular weight is 591 g/mol. The van der Waals surface area contributed by atoms with Crippen molar-refractivity contribution in [2.75, 3.05) is 13.2 Å². The molecule has 0 aromatic heterocycles. The van der Waals surface area contributed by atoms with E-state index in [0.717, 1.165) is 63.5 Å². The molecule has 0 bridgehead atoms. The van der Waals surface area contributed by atoms with Gasteiger partial charge in [0.05, 0.1) is 11.5 Å². The molecule has 0 aliphatic heterocycles. The van der Waals surface area contributed by atoms with E-state index in [-0.39, 0.29) is 57.6 Å². The summed E-state index contributed by atoms with van der Waals surface area (Å²) in [7, 11) is 0. The van der Waals surface area contributed by atoms with Gasteiger partial charge in [-0.1, -0.05) is 65.3 Å².